The maximum atomic E-state index is 12.3. The number of anilines is 1. The van der Waals surface area contributed by atoms with Crippen molar-refractivity contribution in [2.75, 3.05) is 38.2 Å². The van der Waals surface area contributed by atoms with Gasteiger partial charge in [0, 0.05) is 31.2 Å². The highest BCUT2D eigenvalue weighted by Crippen LogP contribution is 2.31. The molecule has 2 aliphatic heterocycles. The zero-order chi connectivity index (χ0) is 23.0. The van der Waals surface area contributed by atoms with E-state index >= 15 is 0 Å². The van der Waals surface area contributed by atoms with Crippen molar-refractivity contribution >= 4 is 23.6 Å². The molecule has 0 spiro atoms. The minimum Gasteiger partial charge on any atom is -0.453 e. The molecule has 0 bridgehead atoms. The van der Waals surface area contributed by atoms with Crippen LogP contribution in [0.4, 0.5) is 10.7 Å². The van der Waals surface area contributed by atoms with Crippen LogP contribution in [-0.4, -0.2) is 81.1 Å². The Morgan fingerprint density at radius 1 is 1.16 bits per heavy atom. The molecule has 1 aromatic carbocycles. The fraction of sp³-hybridized carbons (Fsp3) is 0.571. The van der Waals surface area contributed by atoms with Crippen molar-refractivity contribution in [2.45, 2.75) is 45.9 Å². The number of aliphatic hydroxyl groups is 1. The molecule has 3 heterocycles. The molecule has 11 heteroatoms. The molecule has 32 heavy (non-hydrogen) atoms. The number of rotatable bonds is 3. The van der Waals surface area contributed by atoms with Gasteiger partial charge < -0.3 is 19.5 Å². The Kier molecular flexibility index (Phi) is 6.30. The highest BCUT2D eigenvalue weighted by molar-refractivity contribution is 6.30. The van der Waals surface area contributed by atoms with E-state index in [9.17, 15) is 9.90 Å². The minimum absolute atomic E-state index is 0.268. The number of benzene rings is 1. The van der Waals surface area contributed by atoms with Crippen molar-refractivity contribution in [3.63, 3.8) is 0 Å². The molecule has 2 aliphatic rings. The molecule has 1 N–H and O–H groups in total. The van der Waals surface area contributed by atoms with Gasteiger partial charge in [-0.3, -0.25) is 14.4 Å². The number of aromatic nitrogens is 3. The maximum absolute atomic E-state index is 12.3. The van der Waals surface area contributed by atoms with Crippen LogP contribution >= 0.6 is 11.6 Å². The predicted octanol–water partition coefficient (Wildman–Crippen LogP) is 2.22. The maximum Gasteiger partial charge on any atom is 0.410 e. The summed E-state index contributed by atoms with van der Waals surface area (Å²) in [6.07, 6.45) is -1.39. The lowest BCUT2D eigenvalue weighted by atomic mass is 10.1. The first kappa shape index (κ1) is 22.8. The molecule has 1 fully saturated rings. The highest BCUT2D eigenvalue weighted by Gasteiger charge is 2.32. The van der Waals surface area contributed by atoms with Crippen LogP contribution < -0.4 is 4.90 Å². The second-order valence-corrected chi connectivity index (χ2v) is 9.37. The van der Waals surface area contributed by atoms with Gasteiger partial charge in [0.25, 0.3) is 0 Å². The van der Waals surface area contributed by atoms with Crippen LogP contribution in [0.25, 0.3) is 5.69 Å². The fourth-order valence-electron chi connectivity index (χ4n) is 3.98. The van der Waals surface area contributed by atoms with Gasteiger partial charge in [-0.05, 0) is 44.5 Å². The van der Waals surface area contributed by atoms with Crippen LogP contribution in [0.2, 0.25) is 5.02 Å². The summed E-state index contributed by atoms with van der Waals surface area (Å²) in [6.45, 7) is 8.89. The molecule has 10 nitrogen and oxygen atoms in total. The zero-order valence-electron chi connectivity index (χ0n) is 18.8. The second-order valence-electron chi connectivity index (χ2n) is 8.93. The summed E-state index contributed by atoms with van der Waals surface area (Å²) in [7, 11) is 1.36. The van der Waals surface area contributed by atoms with Crippen molar-refractivity contribution in [3.8, 4) is 5.69 Å². The van der Waals surface area contributed by atoms with E-state index in [0.717, 1.165) is 11.3 Å². The van der Waals surface area contributed by atoms with E-state index in [1.165, 1.54) is 7.11 Å². The number of aliphatic hydroxyl groups excluding tert-OH is 1. The van der Waals surface area contributed by atoms with Crippen molar-refractivity contribution in [2.24, 2.45) is 0 Å². The molecule has 0 saturated carbocycles. The number of halogens is 1. The average Bonchev–Trinajstić information content (AvgIpc) is 3.07. The summed E-state index contributed by atoms with van der Waals surface area (Å²) < 4.78 is 12.6. The number of fused-ring (bicyclic) bond motifs is 3. The lowest BCUT2D eigenvalue weighted by Crippen LogP contribution is -2.53. The number of ether oxygens (including phenoxy) is 2. The standard InChI is InChI=1S/C21H29ClN6O4/c1-21(2,3)32-20(30)26-9-7-25(8-10-26)18-24-23-17-13-27(19(29)31-4)12-14-11-15(22)5-6-16(14)28(17)18/h5-6,11,20,30H,7-10,12-13H2,1-4H3. The van der Waals surface area contributed by atoms with E-state index in [4.69, 9.17) is 21.1 Å². The average molecular weight is 465 g/mol. The fourth-order valence-corrected chi connectivity index (χ4v) is 4.18. The van der Waals surface area contributed by atoms with Gasteiger partial charge in [0.05, 0.1) is 31.5 Å². The van der Waals surface area contributed by atoms with Crippen molar-refractivity contribution in [1.29, 1.82) is 0 Å². The third-order valence-corrected chi connectivity index (χ3v) is 5.73. The van der Waals surface area contributed by atoms with Crippen LogP contribution in [0.3, 0.4) is 0 Å². The van der Waals surface area contributed by atoms with E-state index in [1.54, 1.807) is 4.90 Å². The molecule has 1 unspecified atom stereocenters. The van der Waals surface area contributed by atoms with E-state index < -0.39 is 18.1 Å². The first-order chi connectivity index (χ1) is 15.2. The summed E-state index contributed by atoms with van der Waals surface area (Å²) in [4.78, 5) is 17.9. The third-order valence-electron chi connectivity index (χ3n) is 5.49. The largest absolute Gasteiger partial charge is 0.453 e. The van der Waals surface area contributed by atoms with E-state index in [2.05, 4.69) is 15.1 Å². The lowest BCUT2D eigenvalue weighted by molar-refractivity contribution is -0.239. The molecule has 1 aromatic heterocycles. The molecular formula is C21H29ClN6O4. The number of nitrogens with zero attached hydrogens (tertiary/aromatic N) is 6. The van der Waals surface area contributed by atoms with Gasteiger partial charge in [0.2, 0.25) is 12.4 Å². The quantitative estimate of drug-likeness (QED) is 0.691. The van der Waals surface area contributed by atoms with Crippen LogP contribution in [0.1, 0.15) is 32.2 Å². The summed E-state index contributed by atoms with van der Waals surface area (Å²) in [5, 5.41) is 19.8. The highest BCUT2D eigenvalue weighted by atomic mass is 35.5. The van der Waals surface area contributed by atoms with Crippen LogP contribution in [0.5, 0.6) is 0 Å². The van der Waals surface area contributed by atoms with Crippen molar-refractivity contribution in [1.82, 2.24) is 24.6 Å². The van der Waals surface area contributed by atoms with E-state index in [1.807, 2.05) is 48.4 Å². The van der Waals surface area contributed by atoms with Crippen LogP contribution in [-0.2, 0) is 22.6 Å². The Labute approximate surface area is 192 Å². The Morgan fingerprint density at radius 3 is 2.53 bits per heavy atom. The number of hydrogen-bond acceptors (Lipinski definition) is 8. The molecule has 4 rings (SSSR count). The molecule has 1 amide bonds. The van der Waals surface area contributed by atoms with Crippen molar-refractivity contribution < 1.29 is 19.4 Å². The Morgan fingerprint density at radius 2 is 1.88 bits per heavy atom. The number of piperazine rings is 1. The molecule has 1 saturated heterocycles. The van der Waals surface area contributed by atoms with Crippen LogP contribution in [0.15, 0.2) is 18.2 Å². The molecule has 174 valence electrons. The number of methoxy groups -OCH3 is 1. The topological polar surface area (TPSA) is 96.2 Å². The normalized spacial score (nSPS) is 18.1. The number of hydrogen-bond donors (Lipinski definition) is 1. The molecule has 0 radical (unpaired) electrons. The first-order valence-electron chi connectivity index (χ1n) is 10.6. The monoisotopic (exact) mass is 464 g/mol. The predicted molar refractivity (Wildman–Crippen MR) is 119 cm³/mol. The van der Waals surface area contributed by atoms with E-state index in [-0.39, 0.29) is 6.54 Å². The Bertz CT molecular complexity index is 983. The van der Waals surface area contributed by atoms with Gasteiger partial charge in [-0.1, -0.05) is 11.6 Å². The number of amides is 1. The second kappa shape index (κ2) is 8.86. The van der Waals surface area contributed by atoms with Gasteiger partial charge in [0.1, 0.15) is 0 Å². The molecule has 2 aromatic rings. The van der Waals surface area contributed by atoms with Gasteiger partial charge >= 0.3 is 6.09 Å². The molecule has 1 atom stereocenters. The van der Waals surface area contributed by atoms with Gasteiger partial charge in [-0.2, -0.15) is 0 Å². The summed E-state index contributed by atoms with van der Waals surface area (Å²) >= 11 is 6.25. The van der Waals surface area contributed by atoms with Crippen molar-refractivity contribution in [3.05, 3.63) is 34.6 Å². The zero-order valence-corrected chi connectivity index (χ0v) is 19.5. The van der Waals surface area contributed by atoms with Gasteiger partial charge in [0.15, 0.2) is 5.82 Å². The van der Waals surface area contributed by atoms with Gasteiger partial charge in [-0.15, -0.1) is 10.2 Å². The lowest BCUT2D eigenvalue weighted by Gasteiger charge is -2.39. The van der Waals surface area contributed by atoms with Crippen LogP contribution in [0, 0.1) is 0 Å². The SMILES string of the molecule is COC(=O)N1Cc2cc(Cl)ccc2-n2c(nnc2N2CCN(C(O)OC(C)(C)C)CC2)C1. The van der Waals surface area contributed by atoms with Gasteiger partial charge in [-0.25, -0.2) is 4.79 Å². The smallest absolute Gasteiger partial charge is 0.410 e. The molecule has 0 aliphatic carbocycles. The summed E-state index contributed by atoms with van der Waals surface area (Å²) in [5.74, 6) is 1.34. The minimum atomic E-state index is -0.954. The Hall–Kier alpha value is -2.40. The Balaban J connectivity index is 1.60. The molecular weight excluding hydrogens is 436 g/mol. The first-order valence-corrected chi connectivity index (χ1v) is 10.9. The number of carbonyl (C=O) groups is 1. The summed E-state index contributed by atoms with van der Waals surface area (Å²) in [5.41, 5.74) is 1.34. The summed E-state index contributed by atoms with van der Waals surface area (Å²) in [6, 6.07) is 5.59. The third kappa shape index (κ3) is 4.68. The van der Waals surface area contributed by atoms with E-state index in [0.29, 0.717) is 49.5 Å². The number of carbonyl (C=O) groups excluding carboxylic acids is 1.